The predicted molar refractivity (Wildman–Crippen MR) is 83.0 cm³/mol. The minimum absolute atomic E-state index is 0.0970. The Kier molecular flexibility index (Phi) is 5.50. The SMILES string of the molecule is CC(=Cc1cn([C@H]2CC(O)[C@@H](CO)O2)c(=O)nc1N)CCC#N. The standard InChI is InChI=1S/C15H20N4O4/c1-9(3-2-4-16)5-10-7-19(15(22)18-14(10)17)13-6-11(21)12(8-20)23-13/h5,7,11-13,20-21H,2-3,6,8H2,1H3,(H2,17,18,22)/t11?,12-,13-/m1/s1. The summed E-state index contributed by atoms with van der Waals surface area (Å²) in [6.07, 6.45) is 2.21. The zero-order valence-corrected chi connectivity index (χ0v) is 12.8. The molecular weight excluding hydrogens is 300 g/mol. The number of allylic oxidation sites excluding steroid dienone is 1. The van der Waals surface area contributed by atoms with E-state index in [4.69, 9.17) is 20.8 Å². The summed E-state index contributed by atoms with van der Waals surface area (Å²) in [5.74, 6) is 0.0970. The highest BCUT2D eigenvalue weighted by atomic mass is 16.5. The first kappa shape index (κ1) is 17.1. The number of aromatic nitrogens is 2. The number of aliphatic hydroxyl groups excluding tert-OH is 2. The molecule has 1 aliphatic heterocycles. The lowest BCUT2D eigenvalue weighted by atomic mass is 10.1. The maximum Gasteiger partial charge on any atom is 0.351 e. The van der Waals surface area contributed by atoms with Crippen LogP contribution in [0.4, 0.5) is 5.82 Å². The lowest BCUT2D eigenvalue weighted by Crippen LogP contribution is -2.28. The average molecular weight is 320 g/mol. The molecule has 1 saturated heterocycles. The molecule has 0 radical (unpaired) electrons. The summed E-state index contributed by atoms with van der Waals surface area (Å²) in [6.45, 7) is 1.54. The van der Waals surface area contributed by atoms with Crippen LogP contribution in [0.3, 0.4) is 0 Å². The van der Waals surface area contributed by atoms with Gasteiger partial charge in [-0.3, -0.25) is 4.57 Å². The van der Waals surface area contributed by atoms with Gasteiger partial charge in [0, 0.05) is 24.6 Å². The maximum absolute atomic E-state index is 12.0. The number of hydrogen-bond acceptors (Lipinski definition) is 7. The molecule has 1 unspecified atom stereocenters. The largest absolute Gasteiger partial charge is 0.394 e. The van der Waals surface area contributed by atoms with Gasteiger partial charge in [-0.1, -0.05) is 11.6 Å². The fraction of sp³-hybridized carbons (Fsp3) is 0.533. The Balaban J connectivity index is 2.30. The summed E-state index contributed by atoms with van der Waals surface area (Å²) in [5.41, 5.74) is 6.69. The second kappa shape index (κ2) is 7.37. The molecule has 23 heavy (non-hydrogen) atoms. The van der Waals surface area contributed by atoms with Crippen molar-refractivity contribution >= 4 is 11.9 Å². The van der Waals surface area contributed by atoms with Crippen LogP contribution in [0.1, 0.15) is 38.0 Å². The predicted octanol–water partition coefficient (Wildman–Crippen LogP) is 0.173. The van der Waals surface area contributed by atoms with Crippen LogP contribution in [0, 0.1) is 11.3 Å². The van der Waals surface area contributed by atoms with E-state index in [1.54, 1.807) is 6.08 Å². The van der Waals surface area contributed by atoms with E-state index in [1.165, 1.54) is 10.8 Å². The average Bonchev–Trinajstić information content (AvgIpc) is 2.88. The third kappa shape index (κ3) is 3.96. The summed E-state index contributed by atoms with van der Waals surface area (Å²) in [7, 11) is 0. The molecule has 0 aromatic carbocycles. The van der Waals surface area contributed by atoms with E-state index in [0.717, 1.165) is 5.57 Å². The van der Waals surface area contributed by atoms with Crippen molar-refractivity contribution in [3.8, 4) is 6.07 Å². The molecule has 3 atom stereocenters. The Bertz CT molecular complexity index is 692. The van der Waals surface area contributed by atoms with Crippen molar-refractivity contribution in [1.29, 1.82) is 5.26 Å². The highest BCUT2D eigenvalue weighted by Gasteiger charge is 2.35. The number of hydrogen-bond donors (Lipinski definition) is 3. The van der Waals surface area contributed by atoms with Crippen LogP contribution in [0.25, 0.3) is 6.08 Å². The molecule has 0 bridgehead atoms. The second-order valence-corrected chi connectivity index (χ2v) is 5.53. The minimum Gasteiger partial charge on any atom is -0.394 e. The molecule has 1 fully saturated rings. The molecule has 0 amide bonds. The van der Waals surface area contributed by atoms with Crippen LogP contribution >= 0.6 is 0 Å². The smallest absolute Gasteiger partial charge is 0.351 e. The molecule has 1 aromatic heterocycles. The Hall–Kier alpha value is -2.21. The van der Waals surface area contributed by atoms with Gasteiger partial charge >= 0.3 is 5.69 Å². The zero-order chi connectivity index (χ0) is 17.0. The maximum atomic E-state index is 12.0. The number of nitrogens with two attached hydrogens (primary N) is 1. The van der Waals surface area contributed by atoms with Gasteiger partial charge in [0.25, 0.3) is 0 Å². The van der Waals surface area contributed by atoms with Gasteiger partial charge in [-0.2, -0.15) is 10.2 Å². The van der Waals surface area contributed by atoms with E-state index in [-0.39, 0.29) is 18.8 Å². The van der Waals surface area contributed by atoms with Gasteiger partial charge in [-0.15, -0.1) is 0 Å². The third-order valence-corrected chi connectivity index (χ3v) is 3.74. The summed E-state index contributed by atoms with van der Waals surface area (Å²) in [5, 5.41) is 27.5. The molecule has 1 aromatic rings. The molecule has 0 spiro atoms. The Labute approximate surface area is 133 Å². The zero-order valence-electron chi connectivity index (χ0n) is 12.8. The highest BCUT2D eigenvalue weighted by Crippen LogP contribution is 2.28. The molecule has 124 valence electrons. The molecule has 0 aliphatic carbocycles. The first-order valence-corrected chi connectivity index (χ1v) is 7.33. The van der Waals surface area contributed by atoms with Gasteiger partial charge < -0.3 is 20.7 Å². The molecule has 0 saturated carbocycles. The van der Waals surface area contributed by atoms with Gasteiger partial charge in [0.2, 0.25) is 0 Å². The summed E-state index contributed by atoms with van der Waals surface area (Å²) in [6, 6.07) is 2.07. The van der Waals surface area contributed by atoms with Crippen molar-refractivity contribution in [3.05, 3.63) is 27.8 Å². The van der Waals surface area contributed by atoms with Crippen molar-refractivity contribution in [2.24, 2.45) is 0 Å². The number of rotatable bonds is 5. The van der Waals surface area contributed by atoms with Gasteiger partial charge in [0.05, 0.1) is 18.8 Å². The van der Waals surface area contributed by atoms with Gasteiger partial charge in [-0.05, 0) is 13.3 Å². The van der Waals surface area contributed by atoms with Crippen LogP contribution < -0.4 is 11.4 Å². The van der Waals surface area contributed by atoms with Gasteiger partial charge in [0.1, 0.15) is 18.1 Å². The van der Waals surface area contributed by atoms with Crippen molar-refractivity contribution in [2.45, 2.75) is 44.6 Å². The van der Waals surface area contributed by atoms with Crippen molar-refractivity contribution in [3.63, 3.8) is 0 Å². The van der Waals surface area contributed by atoms with Crippen LogP contribution in [0.5, 0.6) is 0 Å². The number of anilines is 1. The van der Waals surface area contributed by atoms with E-state index in [1.807, 2.05) is 6.92 Å². The van der Waals surface area contributed by atoms with Crippen molar-refractivity contribution < 1.29 is 14.9 Å². The molecule has 2 heterocycles. The van der Waals surface area contributed by atoms with E-state index in [0.29, 0.717) is 18.4 Å². The number of ether oxygens (including phenoxy) is 1. The van der Waals surface area contributed by atoms with E-state index >= 15 is 0 Å². The lowest BCUT2D eigenvalue weighted by Gasteiger charge is -2.15. The summed E-state index contributed by atoms with van der Waals surface area (Å²) >= 11 is 0. The minimum atomic E-state index is -0.842. The number of aliphatic hydroxyl groups is 2. The van der Waals surface area contributed by atoms with E-state index in [9.17, 15) is 9.90 Å². The topological polar surface area (TPSA) is 134 Å². The summed E-state index contributed by atoms with van der Waals surface area (Å²) in [4.78, 5) is 15.8. The van der Waals surface area contributed by atoms with Gasteiger partial charge in [-0.25, -0.2) is 4.79 Å². The van der Waals surface area contributed by atoms with Gasteiger partial charge in [0.15, 0.2) is 0 Å². The molecule has 8 heteroatoms. The second-order valence-electron chi connectivity index (χ2n) is 5.53. The Morgan fingerprint density at radius 2 is 2.43 bits per heavy atom. The lowest BCUT2D eigenvalue weighted by molar-refractivity contribution is -0.0458. The van der Waals surface area contributed by atoms with Crippen LogP contribution in [0.15, 0.2) is 16.6 Å². The quantitative estimate of drug-likeness (QED) is 0.704. The number of nitriles is 1. The first-order valence-electron chi connectivity index (χ1n) is 7.33. The first-order chi connectivity index (χ1) is 11.0. The van der Waals surface area contributed by atoms with Crippen LogP contribution in [-0.4, -0.2) is 38.6 Å². The molecule has 8 nitrogen and oxygen atoms in total. The Morgan fingerprint density at radius 3 is 3.04 bits per heavy atom. The van der Waals surface area contributed by atoms with Crippen molar-refractivity contribution in [2.75, 3.05) is 12.3 Å². The fourth-order valence-electron chi connectivity index (χ4n) is 2.45. The molecule has 4 N–H and O–H groups in total. The van der Waals surface area contributed by atoms with Crippen LogP contribution in [0.2, 0.25) is 0 Å². The molecule has 2 rings (SSSR count). The fourth-order valence-corrected chi connectivity index (χ4v) is 2.45. The highest BCUT2D eigenvalue weighted by molar-refractivity contribution is 5.61. The number of nitrogen functional groups attached to an aromatic ring is 1. The summed E-state index contributed by atoms with van der Waals surface area (Å²) < 4.78 is 6.74. The normalized spacial score (nSPS) is 24.6. The number of nitrogens with zero attached hydrogens (tertiary/aromatic N) is 3. The van der Waals surface area contributed by atoms with Crippen molar-refractivity contribution in [1.82, 2.24) is 9.55 Å². The molecule has 1 aliphatic rings. The molecular formula is C15H20N4O4. The van der Waals surface area contributed by atoms with E-state index in [2.05, 4.69) is 11.1 Å². The monoisotopic (exact) mass is 320 g/mol. The van der Waals surface area contributed by atoms with E-state index < -0.39 is 24.1 Å². The third-order valence-electron chi connectivity index (χ3n) is 3.74. The van der Waals surface area contributed by atoms with Crippen LogP contribution in [-0.2, 0) is 4.74 Å². The Morgan fingerprint density at radius 1 is 1.70 bits per heavy atom.